The van der Waals surface area contributed by atoms with Crippen molar-refractivity contribution >= 4 is 17.3 Å². The van der Waals surface area contributed by atoms with Crippen molar-refractivity contribution in [2.75, 3.05) is 25.0 Å². The molecule has 0 aromatic carbocycles. The van der Waals surface area contributed by atoms with Crippen LogP contribution in [0.3, 0.4) is 0 Å². The maximum atomic E-state index is 5.95. The van der Waals surface area contributed by atoms with Crippen LogP contribution in [0.15, 0.2) is 23.9 Å². The lowest BCUT2D eigenvalue weighted by molar-refractivity contribution is 0.240. The van der Waals surface area contributed by atoms with Crippen molar-refractivity contribution in [1.29, 1.82) is 0 Å². The Kier molecular flexibility index (Phi) is 5.44. The number of nitrogens with zero attached hydrogens (tertiary/aromatic N) is 2. The maximum absolute atomic E-state index is 5.95. The Balaban J connectivity index is 1.82. The van der Waals surface area contributed by atoms with Crippen LogP contribution in [0.4, 0.5) is 5.69 Å². The highest BCUT2D eigenvalue weighted by atomic mass is 35.5. The molecule has 0 unspecified atom stereocenters. The Hall–Kier alpha value is -1.06. The summed E-state index contributed by atoms with van der Waals surface area (Å²) in [6.07, 6.45) is 6.49. The fourth-order valence-electron chi connectivity index (χ4n) is 2.44. The molecule has 1 aliphatic heterocycles. The van der Waals surface area contributed by atoms with Crippen molar-refractivity contribution in [1.82, 2.24) is 9.88 Å². The van der Waals surface area contributed by atoms with E-state index in [1.807, 2.05) is 13.1 Å². The summed E-state index contributed by atoms with van der Waals surface area (Å²) in [6.45, 7) is 9.69. The van der Waals surface area contributed by atoms with E-state index in [4.69, 9.17) is 11.6 Å². The molecule has 0 spiro atoms. The van der Waals surface area contributed by atoms with Gasteiger partial charge in [-0.3, -0.25) is 4.90 Å². The molecule has 2 heterocycles. The van der Waals surface area contributed by atoms with E-state index in [9.17, 15) is 0 Å². The van der Waals surface area contributed by atoms with Gasteiger partial charge in [0.15, 0.2) is 0 Å². The lowest BCUT2D eigenvalue weighted by Crippen LogP contribution is -2.39. The van der Waals surface area contributed by atoms with Crippen LogP contribution in [-0.2, 0) is 0 Å². The molecule has 1 N–H and O–H groups in total. The summed E-state index contributed by atoms with van der Waals surface area (Å²) in [5, 5.41) is 4.16. The summed E-state index contributed by atoms with van der Waals surface area (Å²) in [7, 11) is 0. The van der Waals surface area contributed by atoms with Gasteiger partial charge in [0.2, 0.25) is 0 Å². The molecule has 1 aromatic rings. The van der Waals surface area contributed by atoms with Crippen LogP contribution in [0, 0.1) is 6.92 Å². The summed E-state index contributed by atoms with van der Waals surface area (Å²) in [4.78, 5) is 6.70. The van der Waals surface area contributed by atoms with Gasteiger partial charge in [-0.2, -0.15) is 0 Å². The highest BCUT2D eigenvalue weighted by Gasteiger charge is 2.18. The van der Waals surface area contributed by atoms with Gasteiger partial charge in [0, 0.05) is 25.7 Å². The number of nitrogens with one attached hydrogen (secondary N) is 1. The lowest BCUT2D eigenvalue weighted by atomic mass is 10.0. The predicted octanol–water partition coefficient (Wildman–Crippen LogP) is 3.89. The van der Waals surface area contributed by atoms with E-state index in [-0.39, 0.29) is 0 Å². The molecule has 0 aliphatic carbocycles. The fraction of sp³-hybridized carbons (Fsp3) is 0.562. The minimum absolute atomic E-state index is 0.542. The second-order valence-electron chi connectivity index (χ2n) is 5.83. The highest BCUT2D eigenvalue weighted by molar-refractivity contribution is 6.30. The smallest absolute Gasteiger partial charge is 0.132 e. The summed E-state index contributed by atoms with van der Waals surface area (Å²) < 4.78 is 0. The Morgan fingerprint density at radius 1 is 1.45 bits per heavy atom. The lowest BCUT2D eigenvalue weighted by Gasteiger charge is -2.32. The molecule has 110 valence electrons. The third-order valence-electron chi connectivity index (χ3n) is 3.73. The van der Waals surface area contributed by atoms with Crippen molar-refractivity contribution in [3.63, 3.8) is 0 Å². The molecule has 1 aliphatic rings. The van der Waals surface area contributed by atoms with Gasteiger partial charge < -0.3 is 5.32 Å². The molecule has 0 atom stereocenters. The Morgan fingerprint density at radius 3 is 2.75 bits per heavy atom. The zero-order chi connectivity index (χ0) is 14.5. The van der Waals surface area contributed by atoms with E-state index < -0.39 is 0 Å². The molecule has 1 aromatic heterocycles. The first-order valence-corrected chi connectivity index (χ1v) is 7.67. The van der Waals surface area contributed by atoms with E-state index in [0.717, 1.165) is 30.9 Å². The number of aryl methyl sites for hydroxylation is 1. The van der Waals surface area contributed by atoms with Gasteiger partial charge in [0.25, 0.3) is 0 Å². The average molecular weight is 294 g/mol. The molecule has 4 heteroatoms. The van der Waals surface area contributed by atoms with Gasteiger partial charge in [-0.05, 0) is 45.2 Å². The quantitative estimate of drug-likeness (QED) is 0.674. The van der Waals surface area contributed by atoms with Crippen LogP contribution in [0.1, 0.15) is 32.3 Å². The molecule has 0 amide bonds. The standard InChI is InChI=1S/C16H24ClN3/c1-12(2)4-7-20-8-5-14(6-9-20)19-15-10-13(3)16(17)18-11-15/h4,10-11,14,19H,5-9H2,1-3H3. The van der Waals surface area contributed by atoms with Crippen LogP contribution in [0.2, 0.25) is 5.15 Å². The van der Waals surface area contributed by atoms with E-state index in [2.05, 4.69) is 41.2 Å². The summed E-state index contributed by atoms with van der Waals surface area (Å²) in [6, 6.07) is 2.62. The number of hydrogen-bond acceptors (Lipinski definition) is 3. The molecule has 20 heavy (non-hydrogen) atoms. The van der Waals surface area contributed by atoms with Crippen LogP contribution in [-0.4, -0.2) is 35.6 Å². The van der Waals surface area contributed by atoms with Gasteiger partial charge in [0.1, 0.15) is 5.15 Å². The predicted molar refractivity (Wildman–Crippen MR) is 86.5 cm³/mol. The van der Waals surface area contributed by atoms with Crippen LogP contribution in [0.5, 0.6) is 0 Å². The number of pyridine rings is 1. The first-order chi connectivity index (χ1) is 9.54. The van der Waals surface area contributed by atoms with Gasteiger partial charge in [0.05, 0.1) is 11.9 Å². The molecule has 3 nitrogen and oxygen atoms in total. The molecule has 2 rings (SSSR count). The molecule has 1 fully saturated rings. The monoisotopic (exact) mass is 293 g/mol. The van der Waals surface area contributed by atoms with Crippen molar-refractivity contribution in [2.45, 2.75) is 39.7 Å². The SMILES string of the molecule is CC(C)=CCN1CCC(Nc2cnc(Cl)c(C)c2)CC1. The summed E-state index contributed by atoms with van der Waals surface area (Å²) in [5.74, 6) is 0. The van der Waals surface area contributed by atoms with Crippen molar-refractivity contribution < 1.29 is 0 Å². The molecular weight excluding hydrogens is 270 g/mol. The second kappa shape index (κ2) is 7.09. The topological polar surface area (TPSA) is 28.2 Å². The van der Waals surface area contributed by atoms with E-state index in [1.54, 1.807) is 0 Å². The van der Waals surface area contributed by atoms with Crippen LogP contribution >= 0.6 is 11.6 Å². The molecule has 0 radical (unpaired) electrons. The summed E-state index contributed by atoms with van der Waals surface area (Å²) >= 11 is 5.95. The first kappa shape index (κ1) is 15.3. The van der Waals surface area contributed by atoms with Crippen LogP contribution in [0.25, 0.3) is 0 Å². The van der Waals surface area contributed by atoms with Crippen LogP contribution < -0.4 is 5.32 Å². The highest BCUT2D eigenvalue weighted by Crippen LogP contribution is 2.20. The zero-order valence-electron chi connectivity index (χ0n) is 12.6. The number of piperidine rings is 1. The number of rotatable bonds is 4. The number of likely N-dealkylation sites (tertiary alicyclic amines) is 1. The van der Waals surface area contributed by atoms with E-state index in [0.29, 0.717) is 11.2 Å². The second-order valence-corrected chi connectivity index (χ2v) is 6.19. The molecule has 0 bridgehead atoms. The number of hydrogen-bond donors (Lipinski definition) is 1. The van der Waals surface area contributed by atoms with Gasteiger partial charge in [-0.15, -0.1) is 0 Å². The minimum Gasteiger partial charge on any atom is -0.381 e. The van der Waals surface area contributed by atoms with Crippen molar-refractivity contribution in [2.24, 2.45) is 0 Å². The molecule has 0 saturated carbocycles. The van der Waals surface area contributed by atoms with E-state index >= 15 is 0 Å². The normalized spacial score (nSPS) is 17.0. The Bertz CT molecular complexity index is 473. The van der Waals surface area contributed by atoms with Crippen molar-refractivity contribution in [3.05, 3.63) is 34.6 Å². The fourth-order valence-corrected chi connectivity index (χ4v) is 2.55. The number of halogens is 1. The first-order valence-electron chi connectivity index (χ1n) is 7.29. The molecular formula is C16H24ClN3. The molecule has 1 saturated heterocycles. The third kappa shape index (κ3) is 4.50. The average Bonchev–Trinajstić information content (AvgIpc) is 2.42. The number of allylic oxidation sites excluding steroid dienone is 1. The largest absolute Gasteiger partial charge is 0.381 e. The number of aromatic nitrogens is 1. The van der Waals surface area contributed by atoms with Crippen molar-refractivity contribution in [3.8, 4) is 0 Å². The third-order valence-corrected chi connectivity index (χ3v) is 4.13. The van der Waals surface area contributed by atoms with E-state index in [1.165, 1.54) is 18.4 Å². The summed E-state index contributed by atoms with van der Waals surface area (Å²) in [5.41, 5.74) is 3.50. The Morgan fingerprint density at radius 2 is 2.15 bits per heavy atom. The van der Waals surface area contributed by atoms with Gasteiger partial charge in [-0.25, -0.2) is 4.98 Å². The van der Waals surface area contributed by atoms with Gasteiger partial charge >= 0.3 is 0 Å². The van der Waals surface area contributed by atoms with Gasteiger partial charge in [-0.1, -0.05) is 23.3 Å². The number of anilines is 1. The maximum Gasteiger partial charge on any atom is 0.132 e. The zero-order valence-corrected chi connectivity index (χ0v) is 13.4. The Labute approximate surface area is 127 Å². The minimum atomic E-state index is 0.542.